The van der Waals surface area contributed by atoms with Crippen LogP contribution >= 0.6 is 0 Å². The van der Waals surface area contributed by atoms with Crippen LogP contribution in [0.4, 0.5) is 0 Å². The molecule has 2 rings (SSSR count). The highest BCUT2D eigenvalue weighted by Gasteiger charge is 2.22. The van der Waals surface area contributed by atoms with Crippen molar-refractivity contribution in [3.8, 4) is 0 Å². The molecule has 1 aliphatic carbocycles. The van der Waals surface area contributed by atoms with Crippen LogP contribution in [0, 0.1) is 5.92 Å². The molecule has 0 aliphatic heterocycles. The Hall–Kier alpha value is -1.85. The molecule has 0 aromatic carbocycles. The number of amides is 1. The molecule has 0 bridgehead atoms. The van der Waals surface area contributed by atoms with Gasteiger partial charge in [0.1, 0.15) is 6.54 Å². The summed E-state index contributed by atoms with van der Waals surface area (Å²) in [5, 5.41) is 2.99. The number of rotatable bonds is 3. The molecule has 0 radical (unpaired) electrons. The maximum atomic E-state index is 12.0. The summed E-state index contributed by atoms with van der Waals surface area (Å²) in [5.74, 6) is 0.300. The molecule has 1 fully saturated rings. The van der Waals surface area contributed by atoms with Gasteiger partial charge in [-0.15, -0.1) is 0 Å². The minimum atomic E-state index is -0.468. The number of nitrogens with one attached hydrogen (secondary N) is 1. The van der Waals surface area contributed by atoms with Crippen LogP contribution in [0.2, 0.25) is 0 Å². The zero-order valence-corrected chi connectivity index (χ0v) is 12.0. The van der Waals surface area contributed by atoms with Crippen molar-refractivity contribution < 1.29 is 4.79 Å². The van der Waals surface area contributed by atoms with E-state index in [2.05, 4.69) is 12.2 Å². The first-order valence-electron chi connectivity index (χ1n) is 7.05. The Balaban J connectivity index is 2.03. The Labute approximate surface area is 117 Å². The van der Waals surface area contributed by atoms with E-state index in [9.17, 15) is 14.4 Å². The summed E-state index contributed by atoms with van der Waals surface area (Å²) in [6, 6.07) is 1.48. The lowest BCUT2D eigenvalue weighted by molar-refractivity contribution is -0.123. The average molecular weight is 279 g/mol. The first kappa shape index (κ1) is 14.6. The molecular formula is C14H21N3O3. The standard InChI is InChI=1S/C14H21N3O3/c1-10-5-3-4-6-11(10)15-12(18)9-17-8-7-13(19)16(2)14(17)20/h7-8,10-11H,3-6,9H2,1-2H3,(H,15,18)/t10-,11+/m1/s1. The molecule has 0 saturated heterocycles. The Bertz CT molecular complexity index is 602. The van der Waals surface area contributed by atoms with Crippen molar-refractivity contribution in [1.82, 2.24) is 14.5 Å². The average Bonchev–Trinajstić information content (AvgIpc) is 2.42. The molecule has 2 atom stereocenters. The maximum Gasteiger partial charge on any atom is 0.331 e. The number of aromatic nitrogens is 2. The second-order valence-corrected chi connectivity index (χ2v) is 5.56. The largest absolute Gasteiger partial charge is 0.352 e. The number of carbonyl (C=O) groups is 1. The topological polar surface area (TPSA) is 73.1 Å². The van der Waals surface area contributed by atoms with Crippen molar-refractivity contribution in [2.45, 2.75) is 45.2 Å². The van der Waals surface area contributed by atoms with E-state index in [4.69, 9.17) is 0 Å². The van der Waals surface area contributed by atoms with E-state index in [-0.39, 0.29) is 24.1 Å². The molecule has 20 heavy (non-hydrogen) atoms. The van der Waals surface area contributed by atoms with Gasteiger partial charge < -0.3 is 5.32 Å². The van der Waals surface area contributed by atoms with Crippen molar-refractivity contribution in [1.29, 1.82) is 0 Å². The summed E-state index contributed by atoms with van der Waals surface area (Å²) in [5.41, 5.74) is -0.836. The highest BCUT2D eigenvalue weighted by molar-refractivity contribution is 5.76. The van der Waals surface area contributed by atoms with Crippen LogP contribution in [-0.4, -0.2) is 21.1 Å². The van der Waals surface area contributed by atoms with E-state index in [1.807, 2.05) is 0 Å². The summed E-state index contributed by atoms with van der Waals surface area (Å²) in [6.07, 6.45) is 5.84. The van der Waals surface area contributed by atoms with E-state index >= 15 is 0 Å². The zero-order chi connectivity index (χ0) is 14.7. The van der Waals surface area contributed by atoms with Gasteiger partial charge in [0.2, 0.25) is 5.91 Å². The number of carbonyl (C=O) groups excluding carboxylic acids is 1. The van der Waals surface area contributed by atoms with E-state index in [0.717, 1.165) is 23.8 Å². The van der Waals surface area contributed by atoms with Crippen molar-refractivity contribution >= 4 is 5.91 Å². The summed E-state index contributed by atoms with van der Waals surface area (Å²) < 4.78 is 2.25. The molecule has 1 amide bonds. The molecule has 6 heteroatoms. The smallest absolute Gasteiger partial charge is 0.331 e. The molecule has 0 unspecified atom stereocenters. The van der Waals surface area contributed by atoms with Crippen molar-refractivity contribution in [3.63, 3.8) is 0 Å². The molecule has 110 valence electrons. The first-order valence-corrected chi connectivity index (χ1v) is 7.05. The summed E-state index contributed by atoms with van der Waals surface area (Å²) in [6.45, 7) is 2.10. The summed E-state index contributed by atoms with van der Waals surface area (Å²) in [7, 11) is 1.41. The Morgan fingerprint density at radius 2 is 2.05 bits per heavy atom. The van der Waals surface area contributed by atoms with Crippen molar-refractivity contribution in [2.75, 3.05) is 0 Å². The highest BCUT2D eigenvalue weighted by atomic mass is 16.2. The number of hydrogen-bond acceptors (Lipinski definition) is 3. The summed E-state index contributed by atoms with van der Waals surface area (Å²) in [4.78, 5) is 35.1. The second-order valence-electron chi connectivity index (χ2n) is 5.56. The normalized spacial score (nSPS) is 22.5. The summed E-state index contributed by atoms with van der Waals surface area (Å²) >= 11 is 0. The van der Waals surface area contributed by atoms with E-state index < -0.39 is 5.69 Å². The predicted molar refractivity (Wildman–Crippen MR) is 75.5 cm³/mol. The third kappa shape index (κ3) is 3.18. The van der Waals surface area contributed by atoms with Crippen LogP contribution in [0.25, 0.3) is 0 Å². The third-order valence-corrected chi connectivity index (χ3v) is 4.03. The molecule has 1 aromatic heterocycles. The van der Waals surface area contributed by atoms with Gasteiger partial charge in [0.25, 0.3) is 5.56 Å². The van der Waals surface area contributed by atoms with Crippen molar-refractivity contribution in [2.24, 2.45) is 13.0 Å². The number of hydrogen-bond donors (Lipinski definition) is 1. The lowest BCUT2D eigenvalue weighted by Crippen LogP contribution is -2.45. The molecule has 1 aromatic rings. The van der Waals surface area contributed by atoms with E-state index in [1.54, 1.807) is 0 Å². The molecular weight excluding hydrogens is 258 g/mol. The molecule has 1 aliphatic rings. The fourth-order valence-corrected chi connectivity index (χ4v) is 2.67. The fourth-order valence-electron chi connectivity index (χ4n) is 2.67. The Kier molecular flexibility index (Phi) is 4.42. The van der Waals surface area contributed by atoms with Gasteiger partial charge in [-0.25, -0.2) is 4.79 Å². The second kappa shape index (κ2) is 6.07. The van der Waals surface area contributed by atoms with Crippen molar-refractivity contribution in [3.05, 3.63) is 33.1 Å². The van der Waals surface area contributed by atoms with Crippen LogP contribution in [0.15, 0.2) is 21.9 Å². The van der Waals surface area contributed by atoms with Gasteiger partial charge in [0.05, 0.1) is 0 Å². The number of nitrogens with zero attached hydrogens (tertiary/aromatic N) is 2. The Morgan fingerprint density at radius 1 is 1.35 bits per heavy atom. The molecule has 1 heterocycles. The zero-order valence-electron chi connectivity index (χ0n) is 12.0. The first-order chi connectivity index (χ1) is 9.49. The van der Waals surface area contributed by atoms with E-state index in [1.165, 1.54) is 30.3 Å². The monoisotopic (exact) mass is 279 g/mol. The van der Waals surface area contributed by atoms with Crippen LogP contribution < -0.4 is 16.6 Å². The lowest BCUT2D eigenvalue weighted by atomic mass is 9.86. The minimum absolute atomic E-state index is 0.0455. The Morgan fingerprint density at radius 3 is 2.75 bits per heavy atom. The van der Waals surface area contributed by atoms with Gasteiger partial charge >= 0.3 is 5.69 Å². The quantitative estimate of drug-likeness (QED) is 0.861. The predicted octanol–water partition coefficient (Wildman–Crippen LogP) is 0.242. The van der Waals surface area contributed by atoms with E-state index in [0.29, 0.717) is 5.92 Å². The van der Waals surface area contributed by atoms with Gasteiger partial charge in [-0.05, 0) is 18.8 Å². The maximum absolute atomic E-state index is 12.0. The lowest BCUT2D eigenvalue weighted by Gasteiger charge is -2.29. The van der Waals surface area contributed by atoms with Crippen LogP contribution in [0.5, 0.6) is 0 Å². The van der Waals surface area contributed by atoms with Crippen LogP contribution in [0.3, 0.4) is 0 Å². The van der Waals surface area contributed by atoms with Gasteiger partial charge in [-0.1, -0.05) is 19.8 Å². The molecule has 0 spiro atoms. The van der Waals surface area contributed by atoms with Crippen LogP contribution in [-0.2, 0) is 18.4 Å². The fraction of sp³-hybridized carbons (Fsp3) is 0.643. The van der Waals surface area contributed by atoms with Crippen LogP contribution in [0.1, 0.15) is 32.6 Å². The SMILES string of the molecule is C[C@@H]1CCCC[C@@H]1NC(=O)Cn1ccc(=O)n(C)c1=O. The molecule has 1 saturated carbocycles. The van der Waals surface area contributed by atoms with Gasteiger partial charge in [-0.3, -0.25) is 18.7 Å². The van der Waals surface area contributed by atoms with Gasteiger partial charge in [0.15, 0.2) is 0 Å². The highest BCUT2D eigenvalue weighted by Crippen LogP contribution is 2.23. The molecule has 1 N–H and O–H groups in total. The molecule has 6 nitrogen and oxygen atoms in total. The minimum Gasteiger partial charge on any atom is -0.352 e. The third-order valence-electron chi connectivity index (χ3n) is 4.03. The van der Waals surface area contributed by atoms with Gasteiger partial charge in [-0.2, -0.15) is 0 Å². The van der Waals surface area contributed by atoms with Gasteiger partial charge in [0, 0.05) is 25.4 Å².